The molecule has 1 aliphatic heterocycles. The van der Waals surface area contributed by atoms with Gasteiger partial charge in [-0.3, -0.25) is 4.79 Å². The number of imide groups is 1. The number of amides is 3. The normalized spacial score (nSPS) is 17.6. The number of hydrogen-bond acceptors (Lipinski definition) is 6. The van der Waals surface area contributed by atoms with E-state index in [4.69, 9.17) is 5.73 Å². The number of aliphatic carboxylic acids is 1. The number of β-lactam (4-membered cyclic amide) rings is 1. The van der Waals surface area contributed by atoms with Crippen LogP contribution in [0.15, 0.2) is 73.1 Å². The number of hydrogen-bond donors (Lipinski definition) is 4. The molecule has 3 rings (SSSR count). The van der Waals surface area contributed by atoms with Crippen molar-refractivity contribution >= 4 is 17.9 Å². The standard InChI is InChI=1S/C20H28N4O4.C10H15N/c1-4-16(14-9-6-5-7-10-14)23(3)20(28)24-17(19(26)27)15(18(24)25)11-8-12-22-13(2)21;1-3-10(11-2)9-7-5-4-6-8-9/h5-7,9-10,15-17,22H,2,4,8,11-12,21H2,1,3H3,(H,26,27);4-8,10-11H,3H2,1-2H3/t15-,16?,17?;10-/m11/s1. The molecule has 9 nitrogen and oxygen atoms in total. The molecule has 0 spiro atoms. The van der Waals surface area contributed by atoms with Gasteiger partial charge in [-0.25, -0.2) is 14.5 Å². The summed E-state index contributed by atoms with van der Waals surface area (Å²) in [5.41, 5.74) is 7.73. The van der Waals surface area contributed by atoms with E-state index in [2.05, 4.69) is 48.4 Å². The van der Waals surface area contributed by atoms with Crippen molar-refractivity contribution in [2.75, 3.05) is 20.6 Å². The van der Waals surface area contributed by atoms with Crippen LogP contribution in [0.25, 0.3) is 0 Å². The minimum Gasteiger partial charge on any atom is -0.480 e. The van der Waals surface area contributed by atoms with E-state index in [9.17, 15) is 19.5 Å². The third kappa shape index (κ3) is 8.32. The highest BCUT2D eigenvalue weighted by Gasteiger charge is 2.55. The molecule has 0 saturated carbocycles. The van der Waals surface area contributed by atoms with Crippen LogP contribution in [-0.4, -0.2) is 59.5 Å². The van der Waals surface area contributed by atoms with Crippen molar-refractivity contribution in [1.29, 1.82) is 0 Å². The summed E-state index contributed by atoms with van der Waals surface area (Å²) in [5, 5.41) is 15.7. The van der Waals surface area contributed by atoms with Gasteiger partial charge in [0.05, 0.1) is 17.8 Å². The maximum absolute atomic E-state index is 12.9. The average molecular weight is 538 g/mol. The quantitative estimate of drug-likeness (QED) is 0.235. The number of nitrogens with two attached hydrogens (primary N) is 1. The van der Waals surface area contributed by atoms with Gasteiger partial charge in [-0.2, -0.15) is 0 Å². The zero-order valence-corrected chi connectivity index (χ0v) is 23.5. The Morgan fingerprint density at radius 3 is 2.08 bits per heavy atom. The molecule has 0 radical (unpaired) electrons. The Kier molecular flexibility index (Phi) is 12.5. The van der Waals surface area contributed by atoms with E-state index in [-0.39, 0.29) is 6.04 Å². The van der Waals surface area contributed by atoms with Crippen LogP contribution in [-0.2, 0) is 9.59 Å². The number of urea groups is 1. The Morgan fingerprint density at radius 2 is 1.62 bits per heavy atom. The van der Waals surface area contributed by atoms with E-state index in [1.165, 1.54) is 10.5 Å². The third-order valence-electron chi connectivity index (χ3n) is 7.02. The second kappa shape index (κ2) is 15.5. The van der Waals surface area contributed by atoms with Crippen molar-refractivity contribution in [3.63, 3.8) is 0 Å². The Balaban J connectivity index is 0.000000404. The summed E-state index contributed by atoms with van der Waals surface area (Å²) in [7, 11) is 3.60. The predicted molar refractivity (Wildman–Crippen MR) is 153 cm³/mol. The molecule has 1 saturated heterocycles. The van der Waals surface area contributed by atoms with Crippen LogP contribution in [0.4, 0.5) is 4.79 Å². The Bertz CT molecular complexity index is 1080. The van der Waals surface area contributed by atoms with E-state index in [0.29, 0.717) is 37.7 Å². The summed E-state index contributed by atoms with van der Waals surface area (Å²) in [4.78, 5) is 39.5. The topological polar surface area (TPSA) is 128 Å². The van der Waals surface area contributed by atoms with Gasteiger partial charge in [-0.05, 0) is 43.9 Å². The molecule has 2 unspecified atom stereocenters. The molecular formula is C30H43N5O4. The van der Waals surface area contributed by atoms with Crippen LogP contribution in [0, 0.1) is 5.92 Å². The molecule has 0 aromatic heterocycles. The zero-order chi connectivity index (χ0) is 28.9. The SMILES string of the molecule is C=C(N)NCCC[C@H]1C(=O)N(C(=O)N(C)C(CC)c2ccccc2)C1C(=O)O.CC[C@@H](NC)c1ccccc1. The summed E-state index contributed by atoms with van der Waals surface area (Å²) in [5.74, 6) is -2.01. The van der Waals surface area contributed by atoms with Gasteiger partial charge < -0.3 is 26.4 Å². The molecule has 3 amide bonds. The number of carboxylic acids is 1. The number of carbonyl (C=O) groups is 3. The van der Waals surface area contributed by atoms with Crippen LogP contribution in [0.2, 0.25) is 0 Å². The Labute approximate surface area is 232 Å². The van der Waals surface area contributed by atoms with Gasteiger partial charge in [0.25, 0.3) is 0 Å². The summed E-state index contributed by atoms with van der Waals surface area (Å²) in [6, 6.07) is 18.5. The number of likely N-dealkylation sites (tertiary alicyclic amines) is 1. The number of carboxylic acid groups (broad SMARTS) is 1. The van der Waals surface area contributed by atoms with Crippen molar-refractivity contribution in [2.45, 2.75) is 57.7 Å². The molecule has 0 bridgehead atoms. The maximum Gasteiger partial charge on any atom is 0.327 e. The monoisotopic (exact) mass is 537 g/mol. The van der Waals surface area contributed by atoms with Crippen molar-refractivity contribution in [1.82, 2.24) is 20.4 Å². The first-order chi connectivity index (χ1) is 18.7. The lowest BCUT2D eigenvalue weighted by Crippen LogP contribution is -2.68. The van der Waals surface area contributed by atoms with Crippen molar-refractivity contribution in [2.24, 2.45) is 11.7 Å². The minimum absolute atomic E-state index is 0.241. The van der Waals surface area contributed by atoms with Gasteiger partial charge in [0.15, 0.2) is 6.04 Å². The number of nitrogens with zero attached hydrogens (tertiary/aromatic N) is 2. The second-order valence-corrected chi connectivity index (χ2v) is 9.58. The average Bonchev–Trinajstić information content (AvgIpc) is 2.93. The minimum atomic E-state index is -1.17. The lowest BCUT2D eigenvalue weighted by atomic mass is 9.83. The van der Waals surface area contributed by atoms with Crippen molar-refractivity contribution in [3.05, 3.63) is 84.2 Å². The molecule has 2 aromatic carbocycles. The first-order valence-electron chi connectivity index (χ1n) is 13.5. The van der Waals surface area contributed by atoms with Gasteiger partial charge in [-0.1, -0.05) is 81.1 Å². The third-order valence-corrected chi connectivity index (χ3v) is 7.02. The van der Waals surface area contributed by atoms with Gasteiger partial charge in [0.1, 0.15) is 0 Å². The molecular weight excluding hydrogens is 494 g/mol. The molecule has 5 N–H and O–H groups in total. The fourth-order valence-electron chi connectivity index (χ4n) is 4.90. The fraction of sp³-hybridized carbons (Fsp3) is 0.433. The first kappa shape index (κ1) is 31.4. The molecule has 1 fully saturated rings. The summed E-state index contributed by atoms with van der Waals surface area (Å²) in [6.45, 7) is 8.14. The molecule has 4 atom stereocenters. The van der Waals surface area contributed by atoms with E-state index >= 15 is 0 Å². The summed E-state index contributed by atoms with van der Waals surface area (Å²) in [6.07, 6.45) is 2.69. The number of carbonyl (C=O) groups excluding carboxylic acids is 2. The zero-order valence-electron chi connectivity index (χ0n) is 23.5. The lowest BCUT2D eigenvalue weighted by Gasteiger charge is -2.45. The smallest absolute Gasteiger partial charge is 0.327 e. The molecule has 1 heterocycles. The van der Waals surface area contributed by atoms with Crippen molar-refractivity contribution < 1.29 is 19.5 Å². The van der Waals surface area contributed by atoms with Crippen LogP contribution in [0.3, 0.4) is 0 Å². The van der Waals surface area contributed by atoms with E-state index in [1.807, 2.05) is 50.4 Å². The fourth-order valence-corrected chi connectivity index (χ4v) is 4.90. The second-order valence-electron chi connectivity index (χ2n) is 9.58. The van der Waals surface area contributed by atoms with Gasteiger partial charge >= 0.3 is 12.0 Å². The number of rotatable bonds is 12. The Morgan fingerprint density at radius 1 is 1.05 bits per heavy atom. The van der Waals surface area contributed by atoms with E-state index < -0.39 is 29.9 Å². The highest BCUT2D eigenvalue weighted by atomic mass is 16.4. The number of nitrogens with one attached hydrogen (secondary N) is 2. The highest BCUT2D eigenvalue weighted by molar-refractivity contribution is 6.07. The molecule has 2 aromatic rings. The maximum atomic E-state index is 12.9. The predicted octanol–water partition coefficient (Wildman–Crippen LogP) is 4.26. The number of benzene rings is 2. The summed E-state index contributed by atoms with van der Waals surface area (Å²) < 4.78 is 0. The largest absolute Gasteiger partial charge is 0.480 e. The highest BCUT2D eigenvalue weighted by Crippen LogP contribution is 2.34. The molecule has 212 valence electrons. The summed E-state index contributed by atoms with van der Waals surface area (Å²) >= 11 is 0. The van der Waals surface area contributed by atoms with Gasteiger partial charge in [0, 0.05) is 19.6 Å². The van der Waals surface area contributed by atoms with Crippen molar-refractivity contribution in [3.8, 4) is 0 Å². The lowest BCUT2D eigenvalue weighted by molar-refractivity contribution is -0.167. The van der Waals surface area contributed by atoms with E-state index in [0.717, 1.165) is 16.9 Å². The molecule has 9 heteroatoms. The molecule has 0 aliphatic carbocycles. The Hall–Kier alpha value is -3.85. The van der Waals surface area contributed by atoms with Crippen LogP contribution < -0.4 is 16.4 Å². The van der Waals surface area contributed by atoms with Crippen LogP contribution in [0.5, 0.6) is 0 Å². The van der Waals surface area contributed by atoms with Crippen LogP contribution >= 0.6 is 0 Å². The first-order valence-corrected chi connectivity index (χ1v) is 13.5. The van der Waals surface area contributed by atoms with Gasteiger partial charge in [0.2, 0.25) is 5.91 Å². The van der Waals surface area contributed by atoms with Gasteiger partial charge in [-0.15, -0.1) is 0 Å². The van der Waals surface area contributed by atoms with E-state index in [1.54, 1.807) is 7.05 Å². The molecule has 39 heavy (non-hydrogen) atoms. The molecule has 1 aliphatic rings. The van der Waals surface area contributed by atoms with Crippen LogP contribution in [0.1, 0.15) is 62.7 Å².